The fourth-order valence-corrected chi connectivity index (χ4v) is 3.30. The van der Waals surface area contributed by atoms with E-state index in [9.17, 15) is 0 Å². The Hall–Kier alpha value is -2.94. The molecule has 1 aliphatic rings. The van der Waals surface area contributed by atoms with E-state index in [2.05, 4.69) is 53.4 Å². The predicted molar refractivity (Wildman–Crippen MR) is 96.4 cm³/mol. The average molecular weight is 317 g/mol. The Balaban J connectivity index is 1.75. The minimum atomic E-state index is 0.223. The molecule has 0 saturated carbocycles. The van der Waals surface area contributed by atoms with Gasteiger partial charge in [0, 0.05) is 16.9 Å². The summed E-state index contributed by atoms with van der Waals surface area (Å²) in [6, 6.07) is 25.3. The molecule has 1 unspecified atom stereocenters. The smallest absolute Gasteiger partial charge is 0.119 e. The lowest BCUT2D eigenvalue weighted by atomic mass is 9.87. The molecule has 0 fully saturated rings. The predicted octanol–water partition coefficient (Wildman–Crippen LogP) is 4.94. The van der Waals surface area contributed by atoms with Crippen LogP contribution in [0.4, 0.5) is 11.4 Å². The summed E-state index contributed by atoms with van der Waals surface area (Å²) in [5.74, 6) is 1.75. The Morgan fingerprint density at radius 1 is 0.708 bits per heavy atom. The molecule has 3 nitrogen and oxygen atoms in total. The number of rotatable bonds is 4. The fourth-order valence-electron chi connectivity index (χ4n) is 3.30. The first-order valence-corrected chi connectivity index (χ1v) is 7.98. The van der Waals surface area contributed by atoms with Crippen molar-refractivity contribution in [3.05, 3.63) is 83.9 Å². The van der Waals surface area contributed by atoms with Crippen molar-refractivity contribution in [1.29, 1.82) is 0 Å². The van der Waals surface area contributed by atoms with Crippen molar-refractivity contribution >= 4 is 11.4 Å². The van der Waals surface area contributed by atoms with Gasteiger partial charge in [0.15, 0.2) is 0 Å². The maximum absolute atomic E-state index is 5.28. The second kappa shape index (κ2) is 5.93. The van der Waals surface area contributed by atoms with Crippen molar-refractivity contribution in [2.24, 2.45) is 0 Å². The molecule has 3 aromatic carbocycles. The van der Waals surface area contributed by atoms with Crippen LogP contribution >= 0.6 is 0 Å². The molecule has 0 radical (unpaired) electrons. The zero-order valence-corrected chi connectivity index (χ0v) is 13.8. The molecule has 24 heavy (non-hydrogen) atoms. The van der Waals surface area contributed by atoms with Crippen LogP contribution in [-0.4, -0.2) is 14.2 Å². The number of benzene rings is 3. The van der Waals surface area contributed by atoms with Gasteiger partial charge in [-0.1, -0.05) is 30.3 Å². The molecule has 3 aromatic rings. The summed E-state index contributed by atoms with van der Waals surface area (Å²) in [7, 11) is 3.38. The third-order valence-electron chi connectivity index (χ3n) is 4.53. The Morgan fingerprint density at radius 2 is 1.29 bits per heavy atom. The molecule has 3 heteroatoms. The van der Waals surface area contributed by atoms with E-state index in [4.69, 9.17) is 9.47 Å². The van der Waals surface area contributed by atoms with Gasteiger partial charge in [-0.3, -0.25) is 0 Å². The largest absolute Gasteiger partial charge is 0.497 e. The van der Waals surface area contributed by atoms with Gasteiger partial charge in [-0.05, 0) is 48.0 Å². The lowest BCUT2D eigenvalue weighted by Gasteiger charge is -2.45. The Bertz CT molecular complexity index is 768. The number of anilines is 2. The molecule has 0 N–H and O–H groups in total. The number of para-hydroxylation sites is 1. The Morgan fingerprint density at radius 3 is 1.92 bits per heavy atom. The van der Waals surface area contributed by atoms with Gasteiger partial charge in [-0.2, -0.15) is 0 Å². The van der Waals surface area contributed by atoms with Crippen LogP contribution in [0.15, 0.2) is 72.8 Å². The molecular formula is C21H19NO2. The second-order valence-electron chi connectivity index (χ2n) is 5.80. The standard InChI is InChI=1S/C21H19NO2/c1-23-17-11-7-15(8-12-17)21-19-5-3-4-6-20(19)22(21)16-9-13-18(24-2)14-10-16/h3-14,21H,1-2H3. The normalized spacial score (nSPS) is 15.4. The number of hydrogen-bond donors (Lipinski definition) is 0. The van der Waals surface area contributed by atoms with Gasteiger partial charge in [-0.15, -0.1) is 0 Å². The van der Waals surface area contributed by atoms with Crippen LogP contribution in [0.5, 0.6) is 11.5 Å². The van der Waals surface area contributed by atoms with Crippen LogP contribution in [0.2, 0.25) is 0 Å². The first kappa shape index (κ1) is 14.6. The topological polar surface area (TPSA) is 21.7 Å². The van der Waals surface area contributed by atoms with E-state index in [1.54, 1.807) is 14.2 Å². The van der Waals surface area contributed by atoms with Gasteiger partial charge >= 0.3 is 0 Å². The fraction of sp³-hybridized carbons (Fsp3) is 0.143. The number of fused-ring (bicyclic) bond motifs is 1. The average Bonchev–Trinajstić information content (AvgIpc) is 2.64. The minimum absolute atomic E-state index is 0.223. The Labute approximate surface area is 142 Å². The van der Waals surface area contributed by atoms with Gasteiger partial charge in [0.25, 0.3) is 0 Å². The summed E-state index contributed by atoms with van der Waals surface area (Å²) in [6.07, 6.45) is 0. The van der Waals surface area contributed by atoms with E-state index in [0.717, 1.165) is 17.2 Å². The van der Waals surface area contributed by atoms with E-state index in [1.807, 2.05) is 24.3 Å². The van der Waals surface area contributed by atoms with Crippen LogP contribution in [0.3, 0.4) is 0 Å². The molecule has 1 atom stereocenters. The highest BCUT2D eigenvalue weighted by Gasteiger charge is 2.36. The van der Waals surface area contributed by atoms with Crippen LogP contribution < -0.4 is 14.4 Å². The molecule has 1 aliphatic heterocycles. The number of hydrogen-bond acceptors (Lipinski definition) is 3. The van der Waals surface area contributed by atoms with Crippen LogP contribution in [0.25, 0.3) is 0 Å². The van der Waals surface area contributed by atoms with Gasteiger partial charge < -0.3 is 14.4 Å². The summed E-state index contributed by atoms with van der Waals surface area (Å²) in [5.41, 5.74) is 5.02. The molecular weight excluding hydrogens is 298 g/mol. The van der Waals surface area contributed by atoms with Crippen LogP contribution in [0, 0.1) is 0 Å². The van der Waals surface area contributed by atoms with E-state index in [-0.39, 0.29) is 6.04 Å². The van der Waals surface area contributed by atoms with Gasteiger partial charge in [0.1, 0.15) is 11.5 Å². The molecule has 0 bridgehead atoms. The Kier molecular flexibility index (Phi) is 3.62. The van der Waals surface area contributed by atoms with Crippen LogP contribution in [0.1, 0.15) is 17.2 Å². The SMILES string of the molecule is COc1ccc(C2c3ccccc3N2c2ccc(OC)cc2)cc1. The van der Waals surface area contributed by atoms with E-state index in [1.165, 1.54) is 16.8 Å². The van der Waals surface area contributed by atoms with Crippen molar-refractivity contribution in [3.63, 3.8) is 0 Å². The molecule has 0 aromatic heterocycles. The van der Waals surface area contributed by atoms with Crippen molar-refractivity contribution in [2.45, 2.75) is 6.04 Å². The quantitative estimate of drug-likeness (QED) is 0.680. The minimum Gasteiger partial charge on any atom is -0.497 e. The van der Waals surface area contributed by atoms with Crippen LogP contribution in [-0.2, 0) is 0 Å². The van der Waals surface area contributed by atoms with Gasteiger partial charge in [0.2, 0.25) is 0 Å². The zero-order valence-electron chi connectivity index (χ0n) is 13.8. The number of methoxy groups -OCH3 is 2. The summed E-state index contributed by atoms with van der Waals surface area (Å²) in [4.78, 5) is 2.36. The number of nitrogens with zero attached hydrogens (tertiary/aromatic N) is 1. The lowest BCUT2D eigenvalue weighted by Crippen LogP contribution is -2.34. The number of ether oxygens (including phenoxy) is 2. The zero-order chi connectivity index (χ0) is 16.5. The summed E-state index contributed by atoms with van der Waals surface area (Å²) < 4.78 is 10.6. The maximum Gasteiger partial charge on any atom is 0.119 e. The summed E-state index contributed by atoms with van der Waals surface area (Å²) in [5, 5.41) is 0. The lowest BCUT2D eigenvalue weighted by molar-refractivity contribution is 0.414. The third kappa shape index (κ3) is 2.29. The highest BCUT2D eigenvalue weighted by molar-refractivity contribution is 5.79. The monoisotopic (exact) mass is 317 g/mol. The molecule has 0 amide bonds. The molecule has 0 aliphatic carbocycles. The molecule has 120 valence electrons. The highest BCUT2D eigenvalue weighted by atomic mass is 16.5. The third-order valence-corrected chi connectivity index (χ3v) is 4.53. The first-order valence-electron chi connectivity index (χ1n) is 7.98. The second-order valence-corrected chi connectivity index (χ2v) is 5.80. The summed E-state index contributed by atoms with van der Waals surface area (Å²) in [6.45, 7) is 0. The molecule has 1 heterocycles. The van der Waals surface area contributed by atoms with E-state index in [0.29, 0.717) is 0 Å². The van der Waals surface area contributed by atoms with Crippen molar-refractivity contribution in [3.8, 4) is 11.5 Å². The van der Waals surface area contributed by atoms with Crippen molar-refractivity contribution in [1.82, 2.24) is 0 Å². The van der Waals surface area contributed by atoms with Crippen molar-refractivity contribution < 1.29 is 9.47 Å². The van der Waals surface area contributed by atoms with Gasteiger partial charge in [0.05, 0.1) is 20.3 Å². The highest BCUT2D eigenvalue weighted by Crippen LogP contribution is 2.51. The molecule has 0 saturated heterocycles. The van der Waals surface area contributed by atoms with E-state index >= 15 is 0 Å². The summed E-state index contributed by atoms with van der Waals surface area (Å²) >= 11 is 0. The van der Waals surface area contributed by atoms with E-state index < -0.39 is 0 Å². The van der Waals surface area contributed by atoms with Crippen molar-refractivity contribution in [2.75, 3.05) is 19.1 Å². The first-order chi connectivity index (χ1) is 11.8. The maximum atomic E-state index is 5.28. The molecule has 4 rings (SSSR count). The molecule has 0 spiro atoms. The van der Waals surface area contributed by atoms with Gasteiger partial charge in [-0.25, -0.2) is 0 Å².